The molecule has 0 aromatic carbocycles. The fourth-order valence-corrected chi connectivity index (χ4v) is 2.16. The first-order chi connectivity index (χ1) is 7.29. The maximum atomic E-state index is 2.48. The molecule has 0 amide bonds. The molecule has 1 heteroatoms. The topological polar surface area (TPSA) is 3.24 Å². The van der Waals surface area contributed by atoms with Crippen molar-refractivity contribution in [3.63, 3.8) is 0 Å². The summed E-state index contributed by atoms with van der Waals surface area (Å²) >= 11 is 0. The lowest BCUT2D eigenvalue weighted by Crippen LogP contribution is -2.32. The third-order valence-corrected chi connectivity index (χ3v) is 3.30. The Hall–Kier alpha value is -0.720. The van der Waals surface area contributed by atoms with E-state index in [1.54, 1.807) is 5.57 Å². The molecule has 0 saturated heterocycles. The summed E-state index contributed by atoms with van der Waals surface area (Å²) in [5.74, 6) is 0. The van der Waals surface area contributed by atoms with Crippen LogP contribution in [0.25, 0.3) is 0 Å². The zero-order valence-electron chi connectivity index (χ0n) is 10.5. The second kappa shape index (κ2) is 6.71. The van der Waals surface area contributed by atoms with Crippen molar-refractivity contribution in [3.8, 4) is 0 Å². The Balaban J connectivity index is 2.31. The van der Waals surface area contributed by atoms with Crippen molar-refractivity contribution in [1.82, 2.24) is 4.90 Å². The summed E-state index contributed by atoms with van der Waals surface area (Å²) in [6, 6.07) is 0.613. The highest BCUT2D eigenvalue weighted by atomic mass is 15.1. The Morgan fingerprint density at radius 2 is 2.00 bits per heavy atom. The van der Waals surface area contributed by atoms with Crippen molar-refractivity contribution in [1.29, 1.82) is 0 Å². The van der Waals surface area contributed by atoms with Gasteiger partial charge >= 0.3 is 0 Å². The average Bonchev–Trinajstić information content (AvgIpc) is 2.26. The summed E-state index contributed by atoms with van der Waals surface area (Å²) in [5.41, 5.74) is 1.56. The van der Waals surface area contributed by atoms with Crippen molar-refractivity contribution >= 4 is 0 Å². The maximum absolute atomic E-state index is 2.48. The van der Waals surface area contributed by atoms with Gasteiger partial charge in [0.25, 0.3) is 0 Å². The van der Waals surface area contributed by atoms with E-state index in [-0.39, 0.29) is 0 Å². The number of unbranched alkanes of at least 4 members (excludes halogenated alkanes) is 3. The van der Waals surface area contributed by atoms with E-state index in [4.69, 9.17) is 0 Å². The van der Waals surface area contributed by atoms with Crippen molar-refractivity contribution in [2.24, 2.45) is 0 Å². The minimum absolute atomic E-state index is 0.613. The van der Waals surface area contributed by atoms with Gasteiger partial charge in [-0.05, 0) is 37.6 Å². The summed E-state index contributed by atoms with van der Waals surface area (Å²) in [5, 5.41) is 0. The average molecular weight is 207 g/mol. The minimum Gasteiger partial charge on any atom is -0.371 e. The molecule has 0 aromatic heterocycles. The lowest BCUT2D eigenvalue weighted by Gasteiger charge is -2.32. The number of hydrogen-bond acceptors (Lipinski definition) is 1. The first-order valence-electron chi connectivity index (χ1n) is 6.42. The maximum Gasteiger partial charge on any atom is 0.0471 e. The Labute approximate surface area is 94.9 Å². The van der Waals surface area contributed by atoms with Crippen LogP contribution in [0, 0.1) is 0 Å². The molecule has 1 heterocycles. The van der Waals surface area contributed by atoms with Crippen LogP contribution in [0.3, 0.4) is 0 Å². The molecular formula is C14H25N. The zero-order valence-corrected chi connectivity index (χ0v) is 10.5. The summed E-state index contributed by atoms with van der Waals surface area (Å²) in [7, 11) is 0. The van der Waals surface area contributed by atoms with E-state index in [0.717, 1.165) is 0 Å². The predicted molar refractivity (Wildman–Crippen MR) is 67.8 cm³/mol. The van der Waals surface area contributed by atoms with Gasteiger partial charge in [0, 0.05) is 12.6 Å². The molecule has 1 aliphatic rings. The van der Waals surface area contributed by atoms with Gasteiger partial charge in [-0.2, -0.15) is 0 Å². The van der Waals surface area contributed by atoms with E-state index in [0.29, 0.717) is 6.04 Å². The quantitative estimate of drug-likeness (QED) is 0.592. The van der Waals surface area contributed by atoms with E-state index in [9.17, 15) is 0 Å². The van der Waals surface area contributed by atoms with Crippen LogP contribution in [0.2, 0.25) is 0 Å². The number of allylic oxidation sites excluding steroid dienone is 2. The van der Waals surface area contributed by atoms with Gasteiger partial charge in [0.15, 0.2) is 0 Å². The second-order valence-corrected chi connectivity index (χ2v) is 4.41. The molecule has 0 fully saturated rings. The van der Waals surface area contributed by atoms with E-state index < -0.39 is 0 Å². The molecule has 0 spiro atoms. The molecule has 1 aliphatic heterocycles. The molecular weight excluding hydrogens is 182 g/mol. The van der Waals surface area contributed by atoms with Crippen LogP contribution < -0.4 is 0 Å². The van der Waals surface area contributed by atoms with Crippen LogP contribution in [0.15, 0.2) is 23.9 Å². The van der Waals surface area contributed by atoms with Gasteiger partial charge in [0.1, 0.15) is 0 Å². The van der Waals surface area contributed by atoms with Crippen LogP contribution in [0.4, 0.5) is 0 Å². The molecule has 0 N–H and O–H groups in total. The Morgan fingerprint density at radius 3 is 2.67 bits per heavy atom. The van der Waals surface area contributed by atoms with Crippen LogP contribution in [0.5, 0.6) is 0 Å². The van der Waals surface area contributed by atoms with Gasteiger partial charge < -0.3 is 4.90 Å². The zero-order chi connectivity index (χ0) is 11.1. The molecule has 1 nitrogen and oxygen atoms in total. The molecule has 0 radical (unpaired) electrons. The summed E-state index contributed by atoms with van der Waals surface area (Å²) < 4.78 is 0. The van der Waals surface area contributed by atoms with Gasteiger partial charge in [-0.3, -0.25) is 0 Å². The largest absolute Gasteiger partial charge is 0.371 e. The highest BCUT2D eigenvalue weighted by Gasteiger charge is 2.15. The number of nitrogens with zero attached hydrogens (tertiary/aromatic N) is 1. The first kappa shape index (κ1) is 12.4. The van der Waals surface area contributed by atoms with Crippen molar-refractivity contribution in [2.75, 3.05) is 6.54 Å². The third-order valence-electron chi connectivity index (χ3n) is 3.30. The van der Waals surface area contributed by atoms with Crippen LogP contribution in [-0.4, -0.2) is 17.5 Å². The smallest absolute Gasteiger partial charge is 0.0471 e. The minimum atomic E-state index is 0.613. The molecule has 0 aromatic rings. The van der Waals surface area contributed by atoms with Gasteiger partial charge in [0.2, 0.25) is 0 Å². The predicted octanol–water partition coefficient (Wildman–Crippen LogP) is 4.12. The lowest BCUT2D eigenvalue weighted by atomic mass is 10.0. The van der Waals surface area contributed by atoms with E-state index in [1.807, 2.05) is 0 Å². The van der Waals surface area contributed by atoms with E-state index in [1.165, 1.54) is 38.6 Å². The number of rotatable bonds is 6. The fourth-order valence-electron chi connectivity index (χ4n) is 2.16. The molecule has 1 rings (SSSR count). The van der Waals surface area contributed by atoms with Gasteiger partial charge in [-0.25, -0.2) is 0 Å². The molecule has 1 unspecified atom stereocenters. The summed E-state index contributed by atoms with van der Waals surface area (Å²) in [6.07, 6.45) is 13.3. The van der Waals surface area contributed by atoms with Crippen molar-refractivity contribution in [3.05, 3.63) is 23.9 Å². The van der Waals surface area contributed by atoms with Crippen LogP contribution >= 0.6 is 0 Å². The monoisotopic (exact) mass is 207 g/mol. The van der Waals surface area contributed by atoms with Crippen LogP contribution in [-0.2, 0) is 0 Å². The van der Waals surface area contributed by atoms with E-state index in [2.05, 4.69) is 44.0 Å². The molecule has 15 heavy (non-hydrogen) atoms. The lowest BCUT2D eigenvalue weighted by molar-refractivity contribution is 0.308. The SMILES string of the molecule is CCCCCCN1C=CC=C(CC)C1C. The normalized spacial score (nSPS) is 20.6. The first-order valence-corrected chi connectivity index (χ1v) is 6.42. The highest BCUT2D eigenvalue weighted by Crippen LogP contribution is 2.19. The molecule has 0 aliphatic carbocycles. The van der Waals surface area contributed by atoms with Crippen LogP contribution in [0.1, 0.15) is 52.9 Å². The molecule has 1 atom stereocenters. The standard InChI is InChI=1S/C14H25N/c1-4-6-7-8-11-15-12-9-10-14(5-2)13(15)3/h9-10,12-13H,4-8,11H2,1-3H3. The Morgan fingerprint density at radius 1 is 1.20 bits per heavy atom. The second-order valence-electron chi connectivity index (χ2n) is 4.41. The van der Waals surface area contributed by atoms with Crippen molar-refractivity contribution in [2.45, 2.75) is 58.9 Å². The van der Waals surface area contributed by atoms with Gasteiger partial charge in [0.05, 0.1) is 0 Å². The van der Waals surface area contributed by atoms with E-state index >= 15 is 0 Å². The third kappa shape index (κ3) is 3.73. The van der Waals surface area contributed by atoms with Crippen molar-refractivity contribution < 1.29 is 0 Å². The Kier molecular flexibility index (Phi) is 5.52. The Bertz CT molecular complexity index is 227. The fraction of sp³-hybridized carbons (Fsp3) is 0.714. The molecule has 86 valence electrons. The highest BCUT2D eigenvalue weighted by molar-refractivity contribution is 5.22. The summed E-state index contributed by atoms with van der Waals surface area (Å²) in [6.45, 7) is 8.05. The molecule has 0 bridgehead atoms. The molecule has 0 saturated carbocycles. The number of hydrogen-bond donors (Lipinski definition) is 0. The summed E-state index contributed by atoms with van der Waals surface area (Å²) in [4.78, 5) is 2.48. The van der Waals surface area contributed by atoms with Gasteiger partial charge in [-0.1, -0.05) is 39.2 Å². The van der Waals surface area contributed by atoms with Gasteiger partial charge in [-0.15, -0.1) is 0 Å².